The smallest absolute Gasteiger partial charge is 0.176 e. The number of benzene rings is 2. The zero-order chi connectivity index (χ0) is 14.8. The van der Waals surface area contributed by atoms with E-state index < -0.39 is 0 Å². The summed E-state index contributed by atoms with van der Waals surface area (Å²) in [6.45, 7) is 1.92. The molecular formula is C16H14FNO3. The third-order valence-corrected chi connectivity index (χ3v) is 3.35. The maximum Gasteiger partial charge on any atom is 0.176 e. The molecule has 0 aliphatic heterocycles. The Morgan fingerprint density at radius 1 is 1.19 bits per heavy atom. The van der Waals surface area contributed by atoms with Crippen LogP contribution in [0.25, 0.3) is 11.0 Å². The predicted octanol–water partition coefficient (Wildman–Crippen LogP) is 3.35. The molecule has 0 amide bonds. The van der Waals surface area contributed by atoms with Crippen LogP contribution in [0.4, 0.5) is 4.39 Å². The normalized spacial score (nSPS) is 11.0. The van der Waals surface area contributed by atoms with Crippen LogP contribution < -0.4 is 4.74 Å². The highest BCUT2D eigenvalue weighted by Crippen LogP contribution is 2.30. The summed E-state index contributed by atoms with van der Waals surface area (Å²) in [6, 6.07) is 9.71. The van der Waals surface area contributed by atoms with Gasteiger partial charge in [-0.15, -0.1) is 0 Å². The number of ether oxygens (including phenoxy) is 1. The molecule has 1 aromatic heterocycles. The molecule has 0 saturated heterocycles. The summed E-state index contributed by atoms with van der Waals surface area (Å²) in [5.74, 6) is 0.249. The Morgan fingerprint density at radius 3 is 2.67 bits per heavy atom. The quantitative estimate of drug-likeness (QED) is 0.799. The second-order valence-corrected chi connectivity index (χ2v) is 4.76. The summed E-state index contributed by atoms with van der Waals surface area (Å²) < 4.78 is 23.8. The summed E-state index contributed by atoms with van der Waals surface area (Å²) in [6.07, 6.45) is 0. The number of hydrogen-bond acceptors (Lipinski definition) is 4. The summed E-state index contributed by atoms with van der Waals surface area (Å²) in [7, 11) is 0. The first-order chi connectivity index (χ1) is 10.2. The molecule has 1 heterocycles. The van der Waals surface area contributed by atoms with Gasteiger partial charge in [0.15, 0.2) is 5.58 Å². The zero-order valence-corrected chi connectivity index (χ0v) is 11.5. The van der Waals surface area contributed by atoms with Gasteiger partial charge >= 0.3 is 0 Å². The number of aromatic nitrogens is 1. The monoisotopic (exact) mass is 287 g/mol. The van der Waals surface area contributed by atoms with Gasteiger partial charge < -0.3 is 14.4 Å². The molecule has 3 aromatic rings. The molecule has 0 aliphatic rings. The molecule has 0 atom stereocenters. The first-order valence-electron chi connectivity index (χ1n) is 6.55. The van der Waals surface area contributed by atoms with E-state index in [1.165, 1.54) is 12.1 Å². The second-order valence-electron chi connectivity index (χ2n) is 4.76. The minimum Gasteiger partial charge on any atom is -0.488 e. The zero-order valence-electron chi connectivity index (χ0n) is 11.5. The fourth-order valence-electron chi connectivity index (χ4n) is 2.19. The van der Waals surface area contributed by atoms with Gasteiger partial charge in [0.25, 0.3) is 0 Å². The number of fused-ring (bicyclic) bond motifs is 1. The Balaban J connectivity index is 1.88. The van der Waals surface area contributed by atoms with E-state index >= 15 is 0 Å². The lowest BCUT2D eigenvalue weighted by Gasteiger charge is -2.10. The molecule has 108 valence electrons. The molecule has 0 saturated carbocycles. The van der Waals surface area contributed by atoms with Crippen LogP contribution >= 0.6 is 0 Å². The van der Waals surface area contributed by atoms with Crippen molar-refractivity contribution >= 4 is 11.0 Å². The van der Waals surface area contributed by atoms with E-state index in [2.05, 4.69) is 5.16 Å². The first-order valence-corrected chi connectivity index (χ1v) is 6.55. The topological polar surface area (TPSA) is 55.5 Å². The van der Waals surface area contributed by atoms with Crippen molar-refractivity contribution in [2.24, 2.45) is 0 Å². The second kappa shape index (κ2) is 5.54. The van der Waals surface area contributed by atoms with Crippen LogP contribution in [-0.4, -0.2) is 10.3 Å². The highest BCUT2D eigenvalue weighted by atomic mass is 19.1. The lowest BCUT2D eigenvalue weighted by molar-refractivity contribution is 0.258. The van der Waals surface area contributed by atoms with Gasteiger partial charge in [-0.3, -0.25) is 0 Å². The summed E-state index contributed by atoms with van der Waals surface area (Å²) in [5, 5.41) is 14.3. The Morgan fingerprint density at radius 2 is 1.95 bits per heavy atom. The largest absolute Gasteiger partial charge is 0.488 e. The number of aliphatic hydroxyl groups excluding tert-OH is 1. The van der Waals surface area contributed by atoms with E-state index in [4.69, 9.17) is 9.26 Å². The van der Waals surface area contributed by atoms with E-state index in [1.807, 2.05) is 13.0 Å². The lowest BCUT2D eigenvalue weighted by atomic mass is 10.1. The van der Waals surface area contributed by atoms with Crippen LogP contribution in [-0.2, 0) is 13.2 Å². The van der Waals surface area contributed by atoms with E-state index in [1.54, 1.807) is 18.2 Å². The summed E-state index contributed by atoms with van der Waals surface area (Å²) in [5.41, 5.74) is 2.71. The van der Waals surface area contributed by atoms with Crippen molar-refractivity contribution in [3.63, 3.8) is 0 Å². The Labute approximate surface area is 120 Å². The maximum absolute atomic E-state index is 12.9. The number of nitrogens with zero attached hydrogens (tertiary/aromatic N) is 1. The highest BCUT2D eigenvalue weighted by Gasteiger charge is 2.14. The van der Waals surface area contributed by atoms with Crippen LogP contribution in [0.15, 0.2) is 40.9 Å². The van der Waals surface area contributed by atoms with Crippen molar-refractivity contribution < 1.29 is 18.8 Å². The van der Waals surface area contributed by atoms with E-state index in [0.717, 1.165) is 16.6 Å². The number of rotatable bonds is 4. The first kappa shape index (κ1) is 13.6. The molecule has 1 N–H and O–H groups in total. The maximum atomic E-state index is 12.9. The van der Waals surface area contributed by atoms with Crippen LogP contribution in [0.2, 0.25) is 0 Å². The SMILES string of the molecule is Cc1noc2c(CO)c(OCc3ccc(F)cc3)ccc12. The number of hydrogen-bond donors (Lipinski definition) is 1. The third-order valence-electron chi connectivity index (χ3n) is 3.35. The minimum atomic E-state index is -0.284. The van der Waals surface area contributed by atoms with Gasteiger partial charge in [-0.25, -0.2) is 4.39 Å². The minimum absolute atomic E-state index is 0.204. The van der Waals surface area contributed by atoms with Gasteiger partial charge in [0.2, 0.25) is 0 Å². The van der Waals surface area contributed by atoms with Crippen LogP contribution in [0.1, 0.15) is 16.8 Å². The molecule has 0 radical (unpaired) electrons. The fourth-order valence-corrected chi connectivity index (χ4v) is 2.19. The van der Waals surface area contributed by atoms with Gasteiger partial charge in [-0.1, -0.05) is 17.3 Å². The highest BCUT2D eigenvalue weighted by molar-refractivity contribution is 5.84. The van der Waals surface area contributed by atoms with Crippen LogP contribution in [0, 0.1) is 12.7 Å². The molecule has 0 unspecified atom stereocenters. The molecular weight excluding hydrogens is 273 g/mol. The van der Waals surface area contributed by atoms with Crippen molar-refractivity contribution in [1.82, 2.24) is 5.16 Å². The fraction of sp³-hybridized carbons (Fsp3) is 0.188. The standard InChI is InChI=1S/C16H14FNO3/c1-10-13-6-7-15(14(8-19)16(13)21-18-10)20-9-11-2-4-12(17)5-3-11/h2-7,19H,8-9H2,1H3. The van der Waals surface area contributed by atoms with Crippen LogP contribution in [0.3, 0.4) is 0 Å². The van der Waals surface area contributed by atoms with Gasteiger partial charge in [0.05, 0.1) is 17.9 Å². The Hall–Kier alpha value is -2.40. The molecule has 5 heteroatoms. The lowest BCUT2D eigenvalue weighted by Crippen LogP contribution is -1.99. The van der Waals surface area contributed by atoms with Gasteiger partial charge in [-0.05, 0) is 36.8 Å². The molecule has 0 spiro atoms. The number of aryl methyl sites for hydroxylation is 1. The summed E-state index contributed by atoms with van der Waals surface area (Å²) in [4.78, 5) is 0. The van der Waals surface area contributed by atoms with Crippen molar-refractivity contribution in [2.75, 3.05) is 0 Å². The van der Waals surface area contributed by atoms with Crippen molar-refractivity contribution in [3.8, 4) is 5.75 Å². The molecule has 3 rings (SSSR count). The molecule has 4 nitrogen and oxygen atoms in total. The van der Waals surface area contributed by atoms with Gasteiger partial charge in [-0.2, -0.15) is 0 Å². The average Bonchev–Trinajstić information content (AvgIpc) is 2.88. The molecule has 0 bridgehead atoms. The predicted molar refractivity (Wildman–Crippen MR) is 75.4 cm³/mol. The molecule has 21 heavy (non-hydrogen) atoms. The molecule has 0 aliphatic carbocycles. The Bertz CT molecular complexity index is 765. The third kappa shape index (κ3) is 2.60. The summed E-state index contributed by atoms with van der Waals surface area (Å²) >= 11 is 0. The van der Waals surface area contributed by atoms with Crippen molar-refractivity contribution in [1.29, 1.82) is 0 Å². The van der Waals surface area contributed by atoms with Crippen molar-refractivity contribution in [2.45, 2.75) is 20.1 Å². The average molecular weight is 287 g/mol. The Kier molecular flexibility index (Phi) is 3.58. The van der Waals surface area contributed by atoms with Gasteiger partial charge in [0.1, 0.15) is 18.2 Å². The molecule has 2 aromatic carbocycles. The van der Waals surface area contributed by atoms with Gasteiger partial charge in [0, 0.05) is 5.39 Å². The van der Waals surface area contributed by atoms with E-state index in [0.29, 0.717) is 16.9 Å². The van der Waals surface area contributed by atoms with Crippen LogP contribution in [0.5, 0.6) is 5.75 Å². The van der Waals surface area contributed by atoms with E-state index in [9.17, 15) is 9.50 Å². The number of halogens is 1. The number of aliphatic hydroxyl groups is 1. The van der Waals surface area contributed by atoms with E-state index in [-0.39, 0.29) is 19.0 Å². The molecule has 0 fully saturated rings. The van der Waals surface area contributed by atoms with Crippen molar-refractivity contribution in [3.05, 3.63) is 59.0 Å².